The third-order valence-electron chi connectivity index (χ3n) is 4.37. The molecule has 0 aliphatic carbocycles. The Morgan fingerprint density at radius 2 is 1.79 bits per heavy atom. The van der Waals surface area contributed by atoms with Crippen LogP contribution in [0.25, 0.3) is 0 Å². The molecule has 0 bridgehead atoms. The summed E-state index contributed by atoms with van der Waals surface area (Å²) in [6.07, 6.45) is 1.74. The van der Waals surface area contributed by atoms with Gasteiger partial charge in [0, 0.05) is 6.07 Å². The number of esters is 1. The van der Waals surface area contributed by atoms with E-state index in [1.54, 1.807) is 44.2 Å². The fraction of sp³-hybridized carbons (Fsp3) is 0.333. The number of amides is 1. The predicted molar refractivity (Wildman–Crippen MR) is 108 cm³/mol. The number of ether oxygens (including phenoxy) is 2. The maximum atomic E-state index is 12.2. The second-order valence-electron chi connectivity index (χ2n) is 6.51. The Balaban J connectivity index is 1.96. The van der Waals surface area contributed by atoms with Gasteiger partial charge in [-0.2, -0.15) is 0 Å². The number of rotatable bonds is 9. The first-order valence-electron chi connectivity index (χ1n) is 9.28. The van der Waals surface area contributed by atoms with Gasteiger partial charge in [-0.25, -0.2) is 4.79 Å². The molecule has 0 unspecified atom stereocenters. The molecule has 8 nitrogen and oxygen atoms in total. The van der Waals surface area contributed by atoms with Crippen LogP contribution in [0.4, 0.5) is 11.4 Å². The highest BCUT2D eigenvalue weighted by molar-refractivity contribution is 5.95. The van der Waals surface area contributed by atoms with Crippen LogP contribution in [0.5, 0.6) is 5.75 Å². The zero-order valence-corrected chi connectivity index (χ0v) is 16.7. The van der Waals surface area contributed by atoms with Crippen LogP contribution in [-0.2, 0) is 9.53 Å². The highest BCUT2D eigenvalue weighted by Gasteiger charge is 2.19. The third-order valence-corrected chi connectivity index (χ3v) is 4.37. The molecule has 0 fully saturated rings. The molecule has 0 aromatic heterocycles. The van der Waals surface area contributed by atoms with Crippen LogP contribution in [0.15, 0.2) is 36.4 Å². The van der Waals surface area contributed by atoms with Gasteiger partial charge in [0.05, 0.1) is 17.1 Å². The fourth-order valence-corrected chi connectivity index (χ4v) is 2.52. The standard InChI is InChI=1S/C21H24N2O6/c1-4-5-12-28-21(25)16-7-9-17(10-8-16)29-13-19(24)22-20-15(3)14(2)6-11-18(20)23(26)27/h6-11H,4-5,12-13H2,1-3H3,(H,22,24). The lowest BCUT2D eigenvalue weighted by atomic mass is 10.1. The molecule has 0 aliphatic heterocycles. The van der Waals surface area contributed by atoms with Crippen molar-refractivity contribution in [2.75, 3.05) is 18.5 Å². The van der Waals surface area contributed by atoms with Gasteiger partial charge in [-0.3, -0.25) is 14.9 Å². The number of nitrogens with one attached hydrogen (secondary N) is 1. The topological polar surface area (TPSA) is 108 Å². The number of carbonyl (C=O) groups is 2. The van der Waals surface area contributed by atoms with E-state index in [1.807, 2.05) is 6.92 Å². The molecule has 29 heavy (non-hydrogen) atoms. The first-order chi connectivity index (χ1) is 13.8. The molecular weight excluding hydrogens is 376 g/mol. The van der Waals surface area contributed by atoms with Gasteiger partial charge in [-0.1, -0.05) is 19.4 Å². The minimum atomic E-state index is -0.540. The van der Waals surface area contributed by atoms with E-state index in [0.717, 1.165) is 18.4 Å². The molecular formula is C21H24N2O6. The van der Waals surface area contributed by atoms with E-state index in [0.29, 0.717) is 23.5 Å². The summed E-state index contributed by atoms with van der Waals surface area (Å²) in [6.45, 7) is 5.56. The minimum absolute atomic E-state index is 0.161. The van der Waals surface area contributed by atoms with Crippen molar-refractivity contribution in [3.63, 3.8) is 0 Å². The largest absolute Gasteiger partial charge is 0.484 e. The third kappa shape index (κ3) is 6.03. The summed E-state index contributed by atoms with van der Waals surface area (Å²) in [5.41, 5.74) is 1.83. The van der Waals surface area contributed by atoms with Crippen LogP contribution in [-0.4, -0.2) is 30.0 Å². The van der Waals surface area contributed by atoms with Gasteiger partial charge < -0.3 is 14.8 Å². The smallest absolute Gasteiger partial charge is 0.338 e. The van der Waals surface area contributed by atoms with Crippen molar-refractivity contribution < 1.29 is 24.0 Å². The van der Waals surface area contributed by atoms with Crippen LogP contribution in [0.3, 0.4) is 0 Å². The van der Waals surface area contributed by atoms with Gasteiger partial charge in [0.15, 0.2) is 6.61 Å². The average Bonchev–Trinajstić information content (AvgIpc) is 2.70. The highest BCUT2D eigenvalue weighted by Crippen LogP contribution is 2.30. The molecule has 0 atom stereocenters. The number of hydrogen-bond acceptors (Lipinski definition) is 6. The Hall–Kier alpha value is -3.42. The average molecular weight is 400 g/mol. The van der Waals surface area contributed by atoms with Crippen molar-refractivity contribution in [3.05, 3.63) is 63.2 Å². The maximum Gasteiger partial charge on any atom is 0.338 e. The number of nitrogens with zero attached hydrogens (tertiary/aromatic N) is 1. The zero-order chi connectivity index (χ0) is 21.4. The van der Waals surface area contributed by atoms with Crippen molar-refractivity contribution in [3.8, 4) is 5.75 Å². The first-order valence-corrected chi connectivity index (χ1v) is 9.28. The van der Waals surface area contributed by atoms with E-state index in [4.69, 9.17) is 9.47 Å². The maximum absolute atomic E-state index is 12.2. The highest BCUT2D eigenvalue weighted by atomic mass is 16.6. The van der Waals surface area contributed by atoms with E-state index in [9.17, 15) is 19.7 Å². The Morgan fingerprint density at radius 1 is 1.10 bits per heavy atom. The monoisotopic (exact) mass is 400 g/mol. The summed E-state index contributed by atoms with van der Waals surface area (Å²) in [5.74, 6) is -0.546. The van der Waals surface area contributed by atoms with Crippen molar-refractivity contribution in [1.29, 1.82) is 0 Å². The molecule has 0 aliphatic rings. The van der Waals surface area contributed by atoms with Crippen molar-refractivity contribution in [2.24, 2.45) is 0 Å². The lowest BCUT2D eigenvalue weighted by Gasteiger charge is -2.12. The van der Waals surface area contributed by atoms with E-state index >= 15 is 0 Å². The Morgan fingerprint density at radius 3 is 2.41 bits per heavy atom. The van der Waals surface area contributed by atoms with Crippen molar-refractivity contribution >= 4 is 23.3 Å². The number of aryl methyl sites for hydroxylation is 1. The van der Waals surface area contributed by atoms with Gasteiger partial charge >= 0.3 is 5.97 Å². The summed E-state index contributed by atoms with van der Waals surface area (Å²) in [7, 11) is 0. The Labute approximate surface area is 169 Å². The summed E-state index contributed by atoms with van der Waals surface area (Å²) < 4.78 is 10.5. The van der Waals surface area contributed by atoms with Crippen molar-refractivity contribution in [2.45, 2.75) is 33.6 Å². The summed E-state index contributed by atoms with van der Waals surface area (Å²) in [4.78, 5) is 34.7. The number of nitro groups is 1. The van der Waals surface area contributed by atoms with Crippen LogP contribution >= 0.6 is 0 Å². The molecule has 1 amide bonds. The number of hydrogen-bond donors (Lipinski definition) is 1. The molecule has 154 valence electrons. The second-order valence-corrected chi connectivity index (χ2v) is 6.51. The van der Waals surface area contributed by atoms with Crippen LogP contribution < -0.4 is 10.1 Å². The van der Waals surface area contributed by atoms with Gasteiger partial charge in [0.25, 0.3) is 11.6 Å². The molecule has 0 saturated heterocycles. The molecule has 8 heteroatoms. The molecule has 2 aromatic rings. The first kappa shape index (κ1) is 21.9. The number of carbonyl (C=O) groups excluding carboxylic acids is 2. The van der Waals surface area contributed by atoms with Gasteiger partial charge in [0.1, 0.15) is 11.4 Å². The molecule has 0 heterocycles. The molecule has 0 spiro atoms. The SMILES string of the molecule is CCCCOC(=O)c1ccc(OCC(=O)Nc2c([N+](=O)[O-])ccc(C)c2C)cc1. The van der Waals surface area contributed by atoms with Gasteiger partial charge in [0.2, 0.25) is 0 Å². The Kier molecular flexibility index (Phi) is 7.70. The zero-order valence-electron chi connectivity index (χ0n) is 16.7. The molecule has 2 aromatic carbocycles. The summed E-state index contributed by atoms with van der Waals surface area (Å²) in [6, 6.07) is 9.22. The second kappa shape index (κ2) is 10.2. The van der Waals surface area contributed by atoms with E-state index in [1.165, 1.54) is 6.07 Å². The number of unbranched alkanes of at least 4 members (excludes halogenated alkanes) is 1. The van der Waals surface area contributed by atoms with Crippen LogP contribution in [0.2, 0.25) is 0 Å². The number of nitro benzene ring substituents is 1. The number of benzene rings is 2. The summed E-state index contributed by atoms with van der Waals surface area (Å²) >= 11 is 0. The molecule has 2 rings (SSSR count). The van der Waals surface area contributed by atoms with E-state index in [2.05, 4.69) is 5.32 Å². The molecule has 0 saturated carbocycles. The quantitative estimate of drug-likeness (QED) is 0.293. The molecule has 0 radical (unpaired) electrons. The van der Waals surface area contributed by atoms with Gasteiger partial charge in [-0.05, 0) is 55.7 Å². The van der Waals surface area contributed by atoms with Crippen LogP contribution in [0, 0.1) is 24.0 Å². The van der Waals surface area contributed by atoms with E-state index < -0.39 is 16.8 Å². The number of anilines is 1. The van der Waals surface area contributed by atoms with Crippen LogP contribution in [0.1, 0.15) is 41.3 Å². The Bertz CT molecular complexity index is 893. The lowest BCUT2D eigenvalue weighted by molar-refractivity contribution is -0.384. The minimum Gasteiger partial charge on any atom is -0.484 e. The lowest BCUT2D eigenvalue weighted by Crippen LogP contribution is -2.21. The summed E-state index contributed by atoms with van der Waals surface area (Å²) in [5, 5.41) is 13.8. The predicted octanol–water partition coefficient (Wildman–Crippen LogP) is 4.19. The van der Waals surface area contributed by atoms with Crippen molar-refractivity contribution in [1.82, 2.24) is 0 Å². The fourth-order valence-electron chi connectivity index (χ4n) is 2.52. The molecule has 1 N–H and O–H groups in total. The normalized spacial score (nSPS) is 10.3. The van der Waals surface area contributed by atoms with Gasteiger partial charge in [-0.15, -0.1) is 0 Å². The van der Waals surface area contributed by atoms with E-state index in [-0.39, 0.29) is 18.0 Å².